The minimum absolute atomic E-state index is 0.361. The number of anilines is 3. The molecule has 4 aromatic rings. The first kappa shape index (κ1) is 25.4. The molecule has 3 fully saturated rings. The van der Waals surface area contributed by atoms with Crippen LogP contribution in [0.1, 0.15) is 44.6 Å². The summed E-state index contributed by atoms with van der Waals surface area (Å²) in [6.07, 6.45) is 16.2. The maximum absolute atomic E-state index is 5.57. The minimum Gasteiger partial charge on any atom is -0.381 e. The summed E-state index contributed by atoms with van der Waals surface area (Å²) in [4.78, 5) is 16.7. The third-order valence-corrected chi connectivity index (χ3v) is 8.50. The Morgan fingerprint density at radius 2 is 1.60 bits per heavy atom. The Morgan fingerprint density at radius 1 is 0.825 bits per heavy atom. The molecule has 11 heteroatoms. The van der Waals surface area contributed by atoms with Gasteiger partial charge in [-0.1, -0.05) is 0 Å². The van der Waals surface area contributed by atoms with Crippen molar-refractivity contribution in [1.82, 2.24) is 34.2 Å². The van der Waals surface area contributed by atoms with E-state index in [2.05, 4.69) is 42.4 Å². The Bertz CT molecular complexity index is 1400. The number of aromatic nitrogens is 6. The van der Waals surface area contributed by atoms with Crippen molar-refractivity contribution in [2.75, 3.05) is 50.2 Å². The molecular formula is C29H37N9O2. The molecule has 0 spiro atoms. The SMILES string of the molecule is c1cc(-n2ccc3nc(Nc4cnn(C5CCOCC5)c4)nc(NC4CCC(N5CCOCC5)CC4)c32)ccn1. The molecule has 0 atom stereocenters. The first-order valence-corrected chi connectivity index (χ1v) is 14.6. The van der Waals surface area contributed by atoms with E-state index in [1.54, 1.807) is 0 Å². The number of nitrogens with zero attached hydrogens (tertiary/aromatic N) is 7. The van der Waals surface area contributed by atoms with Gasteiger partial charge in [-0.25, -0.2) is 4.98 Å². The standard InChI is InChI=1S/C29H37N9O2/c1-3-23(36-13-17-40-18-14-36)4-2-21(1)32-28-27-26(7-12-37(27)24-5-10-30-11-6-24)34-29(35-28)33-22-19-31-38(20-22)25-8-15-39-16-9-25/h5-7,10-12,19-21,23,25H,1-4,8-9,13-18H2,(H2,32,33,34,35). The maximum Gasteiger partial charge on any atom is 0.229 e. The zero-order valence-electron chi connectivity index (χ0n) is 22.8. The van der Waals surface area contributed by atoms with Gasteiger partial charge in [-0.05, 0) is 56.7 Å². The molecule has 6 heterocycles. The van der Waals surface area contributed by atoms with Crippen LogP contribution in [-0.2, 0) is 9.47 Å². The lowest BCUT2D eigenvalue weighted by atomic mass is 9.90. The normalized spacial score (nSPS) is 22.9. The van der Waals surface area contributed by atoms with Crippen molar-refractivity contribution in [2.24, 2.45) is 0 Å². The fourth-order valence-corrected chi connectivity index (χ4v) is 6.32. The Hall–Kier alpha value is -3.54. The van der Waals surface area contributed by atoms with E-state index >= 15 is 0 Å². The molecule has 3 aliphatic rings. The number of ether oxygens (including phenoxy) is 2. The van der Waals surface area contributed by atoms with Gasteiger partial charge < -0.3 is 24.7 Å². The third-order valence-electron chi connectivity index (χ3n) is 8.50. The van der Waals surface area contributed by atoms with Crippen LogP contribution in [-0.4, -0.2) is 85.8 Å². The molecule has 40 heavy (non-hydrogen) atoms. The lowest BCUT2D eigenvalue weighted by Gasteiger charge is -2.39. The van der Waals surface area contributed by atoms with Crippen molar-refractivity contribution in [3.05, 3.63) is 49.2 Å². The molecule has 0 aromatic carbocycles. The highest BCUT2D eigenvalue weighted by atomic mass is 16.5. The quantitative estimate of drug-likeness (QED) is 0.355. The van der Waals surface area contributed by atoms with Crippen LogP contribution in [0.2, 0.25) is 0 Å². The highest BCUT2D eigenvalue weighted by molar-refractivity contribution is 5.89. The van der Waals surface area contributed by atoms with Gasteiger partial charge in [0.25, 0.3) is 0 Å². The molecule has 210 valence electrons. The highest BCUT2D eigenvalue weighted by Gasteiger charge is 2.28. The Balaban J connectivity index is 1.14. The lowest BCUT2D eigenvalue weighted by molar-refractivity contribution is 0.00791. The molecule has 1 saturated carbocycles. The number of fused-ring (bicyclic) bond motifs is 1. The van der Waals surface area contributed by atoms with Gasteiger partial charge in [0.15, 0.2) is 5.82 Å². The topological polar surface area (TPSA) is 107 Å². The molecule has 0 radical (unpaired) electrons. The number of pyridine rings is 1. The molecule has 0 amide bonds. The van der Waals surface area contributed by atoms with Gasteiger partial charge in [-0.3, -0.25) is 14.6 Å². The van der Waals surface area contributed by atoms with E-state index in [1.807, 2.05) is 41.6 Å². The summed E-state index contributed by atoms with van der Waals surface area (Å²) >= 11 is 0. The van der Waals surface area contributed by atoms with Crippen LogP contribution in [0.4, 0.5) is 17.5 Å². The number of rotatable bonds is 7. The summed E-state index contributed by atoms with van der Waals surface area (Å²) < 4.78 is 15.3. The van der Waals surface area contributed by atoms with Crippen molar-refractivity contribution < 1.29 is 9.47 Å². The van der Waals surface area contributed by atoms with Gasteiger partial charge in [-0.2, -0.15) is 10.1 Å². The van der Waals surface area contributed by atoms with E-state index in [-0.39, 0.29) is 0 Å². The van der Waals surface area contributed by atoms with Crippen LogP contribution in [0, 0.1) is 0 Å². The molecule has 2 aliphatic heterocycles. The van der Waals surface area contributed by atoms with Crippen molar-refractivity contribution in [2.45, 2.75) is 56.7 Å². The number of morpholine rings is 1. The van der Waals surface area contributed by atoms with Gasteiger partial charge in [0.1, 0.15) is 5.52 Å². The van der Waals surface area contributed by atoms with E-state index in [4.69, 9.17) is 19.4 Å². The second kappa shape index (κ2) is 11.5. The summed E-state index contributed by atoms with van der Waals surface area (Å²) in [5.74, 6) is 1.41. The van der Waals surface area contributed by atoms with E-state index < -0.39 is 0 Å². The van der Waals surface area contributed by atoms with Crippen LogP contribution >= 0.6 is 0 Å². The Morgan fingerprint density at radius 3 is 2.40 bits per heavy atom. The van der Waals surface area contributed by atoms with Gasteiger partial charge >= 0.3 is 0 Å². The molecule has 1 aliphatic carbocycles. The molecule has 7 rings (SSSR count). The van der Waals surface area contributed by atoms with E-state index in [0.29, 0.717) is 24.1 Å². The smallest absolute Gasteiger partial charge is 0.229 e. The maximum atomic E-state index is 5.57. The van der Waals surface area contributed by atoms with Gasteiger partial charge in [0.2, 0.25) is 5.95 Å². The largest absolute Gasteiger partial charge is 0.381 e. The Kier molecular flexibility index (Phi) is 7.32. The second-order valence-electron chi connectivity index (χ2n) is 11.0. The molecule has 0 unspecified atom stereocenters. The molecule has 2 saturated heterocycles. The molecule has 2 N–H and O–H groups in total. The van der Waals surface area contributed by atoms with E-state index in [9.17, 15) is 0 Å². The summed E-state index contributed by atoms with van der Waals surface area (Å²) in [5, 5.41) is 11.8. The van der Waals surface area contributed by atoms with Crippen molar-refractivity contribution in [3.63, 3.8) is 0 Å². The first-order chi connectivity index (χ1) is 19.8. The zero-order chi connectivity index (χ0) is 26.7. The molecule has 4 aromatic heterocycles. The summed E-state index contributed by atoms with van der Waals surface area (Å²) in [7, 11) is 0. The van der Waals surface area contributed by atoms with Crippen molar-refractivity contribution in [1.29, 1.82) is 0 Å². The lowest BCUT2D eigenvalue weighted by Crippen LogP contribution is -2.46. The average molecular weight is 544 g/mol. The number of hydrogen-bond acceptors (Lipinski definition) is 9. The van der Waals surface area contributed by atoms with Gasteiger partial charge in [0.05, 0.1) is 36.7 Å². The second-order valence-corrected chi connectivity index (χ2v) is 11.0. The van der Waals surface area contributed by atoms with Crippen LogP contribution in [0.15, 0.2) is 49.2 Å². The molecule has 0 bridgehead atoms. The average Bonchev–Trinajstić information content (AvgIpc) is 3.67. The summed E-state index contributed by atoms with van der Waals surface area (Å²) in [5.41, 5.74) is 3.78. The minimum atomic E-state index is 0.361. The number of hydrogen-bond donors (Lipinski definition) is 2. The summed E-state index contributed by atoms with van der Waals surface area (Å²) in [6.45, 7) is 5.37. The van der Waals surface area contributed by atoms with E-state index in [0.717, 1.165) is 93.4 Å². The van der Waals surface area contributed by atoms with Crippen LogP contribution in [0.5, 0.6) is 0 Å². The van der Waals surface area contributed by atoms with Crippen molar-refractivity contribution >= 4 is 28.5 Å². The molecule has 11 nitrogen and oxygen atoms in total. The predicted molar refractivity (Wildman–Crippen MR) is 153 cm³/mol. The predicted octanol–water partition coefficient (Wildman–Crippen LogP) is 4.16. The van der Waals surface area contributed by atoms with E-state index in [1.165, 1.54) is 12.8 Å². The fourth-order valence-electron chi connectivity index (χ4n) is 6.32. The fraction of sp³-hybridized carbons (Fsp3) is 0.517. The Labute approximate surface area is 233 Å². The zero-order valence-corrected chi connectivity index (χ0v) is 22.8. The third kappa shape index (κ3) is 5.41. The monoisotopic (exact) mass is 543 g/mol. The van der Waals surface area contributed by atoms with Crippen molar-refractivity contribution in [3.8, 4) is 5.69 Å². The van der Waals surface area contributed by atoms with Gasteiger partial charge in [-0.15, -0.1) is 0 Å². The summed E-state index contributed by atoms with van der Waals surface area (Å²) in [6, 6.07) is 7.44. The van der Waals surface area contributed by atoms with Crippen LogP contribution < -0.4 is 10.6 Å². The number of nitrogens with one attached hydrogen (secondary N) is 2. The van der Waals surface area contributed by atoms with Crippen LogP contribution in [0.3, 0.4) is 0 Å². The van der Waals surface area contributed by atoms with Crippen LogP contribution in [0.25, 0.3) is 16.7 Å². The first-order valence-electron chi connectivity index (χ1n) is 14.6. The van der Waals surface area contributed by atoms with Gasteiger partial charge in [0, 0.05) is 68.9 Å². The molecular weight excluding hydrogens is 506 g/mol. The highest BCUT2D eigenvalue weighted by Crippen LogP contribution is 2.31.